The van der Waals surface area contributed by atoms with Crippen LogP contribution in [0, 0.1) is 0 Å². The molecule has 0 atom stereocenters. The number of anilines is 2. The van der Waals surface area contributed by atoms with Crippen molar-refractivity contribution < 1.29 is 0 Å². The van der Waals surface area contributed by atoms with Gasteiger partial charge in [-0.1, -0.05) is 0 Å². The molecular formula is C12H19N3O2. The number of rotatable bonds is 1. The monoisotopic (exact) mass is 237 g/mol. The minimum atomic E-state index is -0.529. The highest BCUT2D eigenvalue weighted by Gasteiger charge is 2.30. The zero-order valence-corrected chi connectivity index (χ0v) is 10.6. The van der Waals surface area contributed by atoms with Gasteiger partial charge in [0.1, 0.15) is 11.4 Å². The van der Waals surface area contributed by atoms with Gasteiger partial charge in [-0.2, -0.15) is 0 Å². The second kappa shape index (κ2) is 3.84. The Kier molecular flexibility index (Phi) is 2.73. The average Bonchev–Trinajstić information content (AvgIpc) is 2.28. The van der Waals surface area contributed by atoms with E-state index >= 15 is 0 Å². The summed E-state index contributed by atoms with van der Waals surface area (Å²) in [5.41, 5.74) is 5.32. The minimum Gasteiger partial charge on any atom is -0.394 e. The van der Waals surface area contributed by atoms with Crippen molar-refractivity contribution in [1.29, 1.82) is 0 Å². The molecule has 0 bridgehead atoms. The Balaban J connectivity index is 2.06. The highest BCUT2D eigenvalue weighted by Crippen LogP contribution is 2.21. The maximum atomic E-state index is 11.4. The third kappa shape index (κ3) is 1.95. The van der Waals surface area contributed by atoms with E-state index in [1.165, 1.54) is 0 Å². The zero-order chi connectivity index (χ0) is 12.8. The maximum absolute atomic E-state index is 11.4. The van der Waals surface area contributed by atoms with Gasteiger partial charge in [-0.3, -0.25) is 14.5 Å². The molecule has 5 heteroatoms. The van der Waals surface area contributed by atoms with Crippen LogP contribution in [-0.2, 0) is 0 Å². The lowest BCUT2D eigenvalue weighted by atomic mass is 10.0. The minimum absolute atomic E-state index is 0.138. The van der Waals surface area contributed by atoms with Crippen molar-refractivity contribution in [3.05, 3.63) is 20.4 Å². The molecule has 1 saturated heterocycles. The summed E-state index contributed by atoms with van der Waals surface area (Å²) in [6, 6.07) is 0. The molecule has 0 unspecified atom stereocenters. The lowest BCUT2D eigenvalue weighted by molar-refractivity contribution is 0.128. The first-order chi connectivity index (χ1) is 7.82. The van der Waals surface area contributed by atoms with Crippen LogP contribution in [0.5, 0.6) is 0 Å². The van der Waals surface area contributed by atoms with Crippen LogP contribution in [0.25, 0.3) is 0 Å². The summed E-state index contributed by atoms with van der Waals surface area (Å²) in [6.45, 7) is 9.82. The quantitative estimate of drug-likeness (QED) is 0.684. The molecule has 0 radical (unpaired) electrons. The summed E-state index contributed by atoms with van der Waals surface area (Å²) < 4.78 is 0. The Morgan fingerprint density at radius 3 is 1.94 bits per heavy atom. The lowest BCUT2D eigenvalue weighted by Gasteiger charge is -2.43. The number of nitrogens with zero attached hydrogens (tertiary/aromatic N) is 2. The third-order valence-corrected chi connectivity index (χ3v) is 3.47. The zero-order valence-electron chi connectivity index (χ0n) is 10.6. The van der Waals surface area contributed by atoms with Crippen LogP contribution < -0.4 is 21.5 Å². The molecule has 1 aliphatic heterocycles. The molecule has 17 heavy (non-hydrogen) atoms. The SMILES string of the molecule is CC(C)(C)N1CCN(c2c(N)c(=O)c2=O)CC1. The van der Waals surface area contributed by atoms with Gasteiger partial charge >= 0.3 is 0 Å². The molecule has 2 rings (SSSR count). The van der Waals surface area contributed by atoms with Crippen molar-refractivity contribution >= 4 is 11.4 Å². The van der Waals surface area contributed by atoms with E-state index in [2.05, 4.69) is 25.7 Å². The fraction of sp³-hybridized carbons (Fsp3) is 0.667. The molecule has 0 spiro atoms. The molecule has 0 aromatic heterocycles. The molecule has 0 aliphatic carbocycles. The third-order valence-electron chi connectivity index (χ3n) is 3.47. The van der Waals surface area contributed by atoms with Crippen LogP contribution in [0.15, 0.2) is 9.59 Å². The standard InChI is InChI=1S/C12H19N3O2/c1-12(2,3)15-6-4-14(5-7-15)9-8(13)10(16)11(9)17/h4-7,13H2,1-3H3. The van der Waals surface area contributed by atoms with Crippen molar-refractivity contribution in [3.63, 3.8) is 0 Å². The van der Waals surface area contributed by atoms with Crippen LogP contribution in [0.4, 0.5) is 11.4 Å². The molecule has 1 aromatic carbocycles. The highest BCUT2D eigenvalue weighted by atomic mass is 16.2. The average molecular weight is 237 g/mol. The van der Waals surface area contributed by atoms with E-state index in [1.54, 1.807) is 0 Å². The fourth-order valence-corrected chi connectivity index (χ4v) is 2.31. The molecule has 0 saturated carbocycles. The largest absolute Gasteiger partial charge is 0.394 e. The molecular weight excluding hydrogens is 218 g/mol. The van der Waals surface area contributed by atoms with Crippen molar-refractivity contribution in [2.24, 2.45) is 0 Å². The van der Waals surface area contributed by atoms with Gasteiger partial charge in [0.25, 0.3) is 10.9 Å². The molecule has 0 amide bonds. The first-order valence-corrected chi connectivity index (χ1v) is 5.91. The predicted molar refractivity (Wildman–Crippen MR) is 69.3 cm³/mol. The summed E-state index contributed by atoms with van der Waals surface area (Å²) in [5, 5.41) is 0. The summed E-state index contributed by atoms with van der Waals surface area (Å²) in [4.78, 5) is 26.8. The van der Waals surface area contributed by atoms with Crippen molar-refractivity contribution in [1.82, 2.24) is 4.90 Å². The number of hydrogen-bond donors (Lipinski definition) is 1. The summed E-state index contributed by atoms with van der Waals surface area (Å²) in [5.74, 6) is 0. The van der Waals surface area contributed by atoms with Gasteiger partial charge in [-0.15, -0.1) is 0 Å². The van der Waals surface area contributed by atoms with Crippen molar-refractivity contribution in [2.45, 2.75) is 26.3 Å². The Morgan fingerprint density at radius 1 is 1.00 bits per heavy atom. The van der Waals surface area contributed by atoms with Crippen LogP contribution in [-0.4, -0.2) is 36.6 Å². The van der Waals surface area contributed by atoms with Gasteiger partial charge in [0.05, 0.1) is 0 Å². The van der Waals surface area contributed by atoms with Crippen molar-refractivity contribution in [2.75, 3.05) is 36.8 Å². The van der Waals surface area contributed by atoms with Gasteiger partial charge in [-0.05, 0) is 20.8 Å². The molecule has 1 heterocycles. The number of nitrogens with two attached hydrogens (primary N) is 1. The highest BCUT2D eigenvalue weighted by molar-refractivity contribution is 5.72. The van der Waals surface area contributed by atoms with E-state index in [4.69, 9.17) is 5.73 Å². The Labute approximate surface area is 101 Å². The second-order valence-corrected chi connectivity index (χ2v) is 5.57. The Morgan fingerprint density at radius 2 is 1.53 bits per heavy atom. The van der Waals surface area contributed by atoms with E-state index in [0.717, 1.165) is 26.2 Å². The van der Waals surface area contributed by atoms with Gasteiger partial charge in [0.2, 0.25) is 0 Å². The predicted octanol–water partition coefficient (Wildman–Crippen LogP) is -0.215. The molecule has 1 aromatic rings. The topological polar surface area (TPSA) is 66.6 Å². The molecule has 94 valence electrons. The summed E-state index contributed by atoms with van der Waals surface area (Å²) in [6.07, 6.45) is 0. The van der Waals surface area contributed by atoms with E-state index in [0.29, 0.717) is 5.69 Å². The molecule has 1 aliphatic rings. The van der Waals surface area contributed by atoms with Crippen LogP contribution in [0.2, 0.25) is 0 Å². The second-order valence-electron chi connectivity index (χ2n) is 5.57. The van der Waals surface area contributed by atoms with Crippen LogP contribution in [0.1, 0.15) is 20.8 Å². The van der Waals surface area contributed by atoms with Gasteiger partial charge in [-0.25, -0.2) is 0 Å². The van der Waals surface area contributed by atoms with Crippen LogP contribution in [0.3, 0.4) is 0 Å². The first-order valence-electron chi connectivity index (χ1n) is 5.91. The number of nitrogen functional groups attached to an aromatic ring is 1. The van der Waals surface area contributed by atoms with Crippen LogP contribution >= 0.6 is 0 Å². The number of hydrogen-bond acceptors (Lipinski definition) is 5. The van der Waals surface area contributed by atoms with Gasteiger partial charge in [0, 0.05) is 31.7 Å². The normalized spacial score (nSPS) is 18.9. The lowest BCUT2D eigenvalue weighted by Crippen LogP contribution is -2.56. The van der Waals surface area contributed by atoms with Gasteiger partial charge in [0.15, 0.2) is 0 Å². The van der Waals surface area contributed by atoms with Crippen molar-refractivity contribution in [3.8, 4) is 0 Å². The summed E-state index contributed by atoms with van der Waals surface area (Å²) >= 11 is 0. The van der Waals surface area contributed by atoms with Gasteiger partial charge < -0.3 is 10.6 Å². The van der Waals surface area contributed by atoms with E-state index in [1.807, 2.05) is 4.90 Å². The maximum Gasteiger partial charge on any atom is 0.253 e. The summed E-state index contributed by atoms with van der Waals surface area (Å²) in [7, 11) is 0. The molecule has 1 fully saturated rings. The van der Waals surface area contributed by atoms with E-state index in [9.17, 15) is 9.59 Å². The number of piperazine rings is 1. The molecule has 2 N–H and O–H groups in total. The fourth-order valence-electron chi connectivity index (χ4n) is 2.31. The van der Waals surface area contributed by atoms with E-state index < -0.39 is 10.9 Å². The smallest absolute Gasteiger partial charge is 0.253 e. The first kappa shape index (κ1) is 12.1. The van der Waals surface area contributed by atoms with E-state index in [-0.39, 0.29) is 11.2 Å². The Bertz CT molecular complexity index is 486. The Hall–Kier alpha value is -1.36. The molecule has 5 nitrogen and oxygen atoms in total.